The van der Waals surface area contributed by atoms with Crippen LogP contribution in [0.1, 0.15) is 39.1 Å². The normalized spacial score (nSPS) is 13.9. The first kappa shape index (κ1) is 24.5. The van der Waals surface area contributed by atoms with E-state index in [4.69, 9.17) is 0 Å². The molecule has 0 atom stereocenters. The summed E-state index contributed by atoms with van der Waals surface area (Å²) in [5.74, 6) is -0.253. The van der Waals surface area contributed by atoms with Gasteiger partial charge in [0.2, 0.25) is 0 Å². The van der Waals surface area contributed by atoms with Crippen molar-refractivity contribution in [2.45, 2.75) is 19.8 Å². The van der Waals surface area contributed by atoms with E-state index in [-0.39, 0.29) is 11.8 Å². The number of amides is 2. The van der Waals surface area contributed by atoms with E-state index < -0.39 is 0 Å². The largest absolute Gasteiger partial charge is 0.369 e. The van der Waals surface area contributed by atoms with E-state index in [9.17, 15) is 9.59 Å². The van der Waals surface area contributed by atoms with E-state index >= 15 is 0 Å². The summed E-state index contributed by atoms with van der Waals surface area (Å²) >= 11 is 0. The maximum atomic E-state index is 12.4. The smallest absolute Gasteiger partial charge is 0.255 e. The number of carbonyl (C=O) groups excluding carboxylic acids is 2. The van der Waals surface area contributed by atoms with Crippen molar-refractivity contribution in [1.29, 1.82) is 0 Å². The second-order valence-corrected chi connectivity index (χ2v) is 9.03. The van der Waals surface area contributed by atoms with Crippen molar-refractivity contribution >= 4 is 23.2 Å². The van der Waals surface area contributed by atoms with Crippen LogP contribution in [-0.4, -0.2) is 56.0 Å². The zero-order valence-electron chi connectivity index (χ0n) is 20.4. The Morgan fingerprint density at radius 1 is 0.771 bits per heavy atom. The minimum absolute atomic E-state index is 0.0855. The highest BCUT2D eigenvalue weighted by molar-refractivity contribution is 6.04. The van der Waals surface area contributed by atoms with E-state index in [1.807, 2.05) is 18.2 Å². The molecule has 0 aromatic heterocycles. The van der Waals surface area contributed by atoms with Gasteiger partial charge in [0.05, 0.1) is 0 Å². The lowest BCUT2D eigenvalue weighted by molar-refractivity contribution is 0.0952. The van der Waals surface area contributed by atoms with Crippen LogP contribution >= 0.6 is 0 Å². The van der Waals surface area contributed by atoms with E-state index in [2.05, 4.69) is 51.6 Å². The fourth-order valence-electron chi connectivity index (χ4n) is 4.32. The molecule has 35 heavy (non-hydrogen) atoms. The van der Waals surface area contributed by atoms with Gasteiger partial charge in [0.15, 0.2) is 0 Å². The standard InChI is InChI=1S/C29H34N4O2/c1-23-8-7-11-27(22-23)33-20-18-32(19-21-33)17-6-5-16-30-28(34)25-12-14-26(15-13-25)31-29(35)24-9-3-2-4-10-24/h2-4,7-15,22H,5-6,16-21H2,1H3,(H,30,34)(H,31,35). The van der Waals surface area contributed by atoms with E-state index in [1.54, 1.807) is 36.4 Å². The number of rotatable bonds is 9. The first-order chi connectivity index (χ1) is 17.1. The Morgan fingerprint density at radius 3 is 2.20 bits per heavy atom. The summed E-state index contributed by atoms with van der Waals surface area (Å²) in [5, 5.41) is 5.86. The molecule has 0 spiro atoms. The molecule has 1 aliphatic rings. The highest BCUT2D eigenvalue weighted by atomic mass is 16.2. The predicted octanol–water partition coefficient (Wildman–Crippen LogP) is 4.58. The number of piperazine rings is 1. The summed E-state index contributed by atoms with van der Waals surface area (Å²) in [7, 11) is 0. The molecule has 0 radical (unpaired) electrons. The van der Waals surface area contributed by atoms with Crippen LogP contribution in [0.3, 0.4) is 0 Å². The van der Waals surface area contributed by atoms with E-state index in [0.29, 0.717) is 23.4 Å². The number of benzene rings is 3. The van der Waals surface area contributed by atoms with Gasteiger partial charge in [-0.15, -0.1) is 0 Å². The van der Waals surface area contributed by atoms with Crippen LogP contribution in [0.15, 0.2) is 78.9 Å². The minimum atomic E-state index is -0.167. The first-order valence-corrected chi connectivity index (χ1v) is 12.4. The molecule has 0 saturated carbocycles. The van der Waals surface area contributed by atoms with Gasteiger partial charge in [-0.2, -0.15) is 0 Å². The first-order valence-electron chi connectivity index (χ1n) is 12.4. The zero-order valence-corrected chi connectivity index (χ0v) is 20.4. The van der Waals surface area contributed by atoms with Gasteiger partial charge in [-0.1, -0.05) is 30.3 Å². The van der Waals surface area contributed by atoms with Crippen LogP contribution < -0.4 is 15.5 Å². The fourth-order valence-corrected chi connectivity index (χ4v) is 4.32. The molecular formula is C29H34N4O2. The molecule has 182 valence electrons. The van der Waals surface area contributed by atoms with E-state index in [1.165, 1.54) is 11.3 Å². The average Bonchev–Trinajstić information content (AvgIpc) is 2.89. The molecule has 3 aromatic carbocycles. The Hall–Kier alpha value is -3.64. The van der Waals surface area contributed by atoms with Gasteiger partial charge in [-0.3, -0.25) is 14.5 Å². The molecular weight excluding hydrogens is 436 g/mol. The number of carbonyl (C=O) groups is 2. The van der Waals surface area contributed by atoms with Gasteiger partial charge in [-0.25, -0.2) is 0 Å². The molecule has 1 aliphatic heterocycles. The van der Waals surface area contributed by atoms with Crippen molar-refractivity contribution in [2.24, 2.45) is 0 Å². The molecule has 4 rings (SSSR count). The summed E-state index contributed by atoms with van der Waals surface area (Å²) in [4.78, 5) is 29.7. The van der Waals surface area contributed by atoms with Crippen LogP contribution in [0, 0.1) is 6.92 Å². The summed E-state index contributed by atoms with van der Waals surface area (Å²) in [5.41, 5.74) is 4.48. The van der Waals surface area contributed by atoms with Crippen LogP contribution in [-0.2, 0) is 0 Å². The average molecular weight is 471 g/mol. The number of aryl methyl sites for hydroxylation is 1. The second-order valence-electron chi connectivity index (χ2n) is 9.03. The van der Waals surface area contributed by atoms with E-state index in [0.717, 1.165) is 45.6 Å². The lowest BCUT2D eigenvalue weighted by atomic mass is 10.1. The quantitative estimate of drug-likeness (QED) is 0.450. The Kier molecular flexibility index (Phi) is 8.52. The third kappa shape index (κ3) is 7.17. The maximum Gasteiger partial charge on any atom is 0.255 e. The topological polar surface area (TPSA) is 64.7 Å². The molecule has 6 heteroatoms. The SMILES string of the molecule is Cc1cccc(N2CCN(CCCCNC(=O)c3ccc(NC(=O)c4ccccc4)cc3)CC2)c1. The number of hydrogen-bond donors (Lipinski definition) is 2. The van der Waals surface area contributed by atoms with Crippen molar-refractivity contribution in [3.8, 4) is 0 Å². The maximum absolute atomic E-state index is 12.4. The van der Waals surface area contributed by atoms with Gasteiger partial charge in [0.1, 0.15) is 0 Å². The molecule has 1 fully saturated rings. The highest BCUT2D eigenvalue weighted by Gasteiger charge is 2.16. The molecule has 6 nitrogen and oxygen atoms in total. The van der Waals surface area contributed by atoms with Crippen molar-refractivity contribution in [1.82, 2.24) is 10.2 Å². The third-order valence-electron chi connectivity index (χ3n) is 6.37. The summed E-state index contributed by atoms with van der Waals surface area (Å²) in [6.07, 6.45) is 2.02. The lowest BCUT2D eigenvalue weighted by Crippen LogP contribution is -2.46. The zero-order chi connectivity index (χ0) is 24.5. The monoisotopic (exact) mass is 470 g/mol. The van der Waals surface area contributed by atoms with Gasteiger partial charge in [0.25, 0.3) is 11.8 Å². The second kappa shape index (κ2) is 12.2. The Balaban J connectivity index is 1.12. The van der Waals surface area contributed by atoms with Crippen LogP contribution in [0.2, 0.25) is 0 Å². The van der Waals surface area contributed by atoms with Gasteiger partial charge < -0.3 is 15.5 Å². The number of nitrogens with one attached hydrogen (secondary N) is 2. The van der Waals surface area contributed by atoms with Crippen molar-refractivity contribution in [3.05, 3.63) is 95.6 Å². The highest BCUT2D eigenvalue weighted by Crippen LogP contribution is 2.18. The Bertz CT molecular complexity index is 1110. The molecule has 3 aromatic rings. The van der Waals surface area contributed by atoms with Crippen molar-refractivity contribution in [2.75, 3.05) is 49.5 Å². The number of hydrogen-bond acceptors (Lipinski definition) is 4. The Labute approximate surface area is 207 Å². The number of anilines is 2. The molecule has 2 N–H and O–H groups in total. The third-order valence-corrected chi connectivity index (χ3v) is 6.37. The molecule has 0 unspecified atom stereocenters. The van der Waals surface area contributed by atoms with Crippen molar-refractivity contribution < 1.29 is 9.59 Å². The molecule has 0 aliphatic carbocycles. The Morgan fingerprint density at radius 2 is 1.49 bits per heavy atom. The summed E-state index contributed by atoms with van der Waals surface area (Å²) < 4.78 is 0. The lowest BCUT2D eigenvalue weighted by Gasteiger charge is -2.36. The van der Waals surface area contributed by atoms with Gasteiger partial charge in [-0.05, 0) is 80.4 Å². The predicted molar refractivity (Wildman–Crippen MR) is 142 cm³/mol. The molecule has 1 heterocycles. The van der Waals surface area contributed by atoms with Crippen LogP contribution in [0.25, 0.3) is 0 Å². The van der Waals surface area contributed by atoms with Gasteiger partial charge in [0, 0.05) is 55.2 Å². The van der Waals surface area contributed by atoms with Crippen molar-refractivity contribution in [3.63, 3.8) is 0 Å². The number of unbranched alkanes of at least 4 members (excludes halogenated alkanes) is 1. The van der Waals surface area contributed by atoms with Crippen LogP contribution in [0.5, 0.6) is 0 Å². The summed E-state index contributed by atoms with van der Waals surface area (Å²) in [6, 6.07) is 24.8. The molecule has 1 saturated heterocycles. The molecule has 2 amide bonds. The molecule has 0 bridgehead atoms. The minimum Gasteiger partial charge on any atom is -0.369 e. The van der Waals surface area contributed by atoms with Gasteiger partial charge >= 0.3 is 0 Å². The summed E-state index contributed by atoms with van der Waals surface area (Å²) in [6.45, 7) is 8.13. The number of nitrogens with zero attached hydrogens (tertiary/aromatic N) is 2. The van der Waals surface area contributed by atoms with Crippen LogP contribution in [0.4, 0.5) is 11.4 Å². The fraction of sp³-hybridized carbons (Fsp3) is 0.310.